The van der Waals surface area contributed by atoms with E-state index >= 15 is 0 Å². The van der Waals surface area contributed by atoms with Crippen molar-refractivity contribution in [2.75, 3.05) is 13.6 Å². The van der Waals surface area contributed by atoms with Gasteiger partial charge in [-0.1, -0.05) is 42.5 Å². The Kier molecular flexibility index (Phi) is 11.7. The third-order valence-electron chi connectivity index (χ3n) is 6.05. The van der Waals surface area contributed by atoms with Gasteiger partial charge in [-0.2, -0.15) is 0 Å². The molecule has 4 amide bonds. The number of nitrogens with zero attached hydrogens (tertiary/aromatic N) is 2. The molecule has 0 saturated heterocycles. The average molecular weight is 540 g/mol. The fourth-order valence-corrected chi connectivity index (χ4v) is 4.02. The smallest absolute Gasteiger partial charge is 0.245 e. The van der Waals surface area contributed by atoms with Crippen LogP contribution in [0.15, 0.2) is 59.6 Å². The van der Waals surface area contributed by atoms with Crippen molar-refractivity contribution in [3.8, 4) is 5.75 Å². The number of primary amides is 1. The number of aromatic hydroxyl groups is 1. The first kappa shape index (κ1) is 30.6. The second-order valence-corrected chi connectivity index (χ2v) is 9.19. The molecule has 12 heteroatoms. The topological polar surface area (TPSA) is 206 Å². The van der Waals surface area contributed by atoms with E-state index in [1.54, 1.807) is 12.1 Å². The lowest BCUT2D eigenvalue weighted by Gasteiger charge is -2.31. The highest BCUT2D eigenvalue weighted by Gasteiger charge is 2.32. The van der Waals surface area contributed by atoms with Crippen LogP contribution in [0.25, 0.3) is 0 Å². The Balaban J connectivity index is 2.26. The van der Waals surface area contributed by atoms with E-state index in [0.29, 0.717) is 12.0 Å². The number of rotatable bonds is 14. The maximum Gasteiger partial charge on any atom is 0.245 e. The molecule has 2 aromatic rings. The summed E-state index contributed by atoms with van der Waals surface area (Å²) in [4.78, 5) is 56.2. The molecule has 3 atom stereocenters. The Morgan fingerprint density at radius 1 is 0.897 bits per heavy atom. The number of amides is 4. The number of carbonyl (C=O) groups excluding carboxylic acids is 4. The molecule has 0 heterocycles. The molecular formula is C27H37N7O5. The number of phenols is 1. The standard InChI is InChI=1S/C27H37N7O5/c1-17(35)32-22(15-19-10-12-20(36)13-11-19)25(38)33-21(9-6-14-31-27(29)30)26(39)34(2)23(24(28)37)16-18-7-4-3-5-8-18/h3-5,7-8,10-13,21-23,36H,6,9,14-16H2,1-2H3,(H2,28,37)(H,32,35)(H,33,38)(H4,29,30,31)/t21?,22?,23-/m0/s1. The molecule has 2 rings (SSSR count). The first-order chi connectivity index (χ1) is 18.5. The van der Waals surface area contributed by atoms with E-state index in [1.807, 2.05) is 30.3 Å². The maximum atomic E-state index is 13.6. The second kappa shape index (κ2) is 15.0. The third-order valence-corrected chi connectivity index (χ3v) is 6.05. The number of guanidine groups is 1. The first-order valence-corrected chi connectivity index (χ1v) is 12.5. The van der Waals surface area contributed by atoms with Gasteiger partial charge >= 0.3 is 0 Å². The highest BCUT2D eigenvalue weighted by molar-refractivity contribution is 5.94. The quantitative estimate of drug-likeness (QED) is 0.106. The van der Waals surface area contributed by atoms with E-state index in [2.05, 4.69) is 15.6 Å². The SMILES string of the molecule is CC(=O)NC(Cc1ccc(O)cc1)C(=O)NC(CCCN=C(N)N)C(=O)N(C)[C@@H](Cc1ccccc1)C(N)=O. The molecule has 2 aromatic carbocycles. The maximum absolute atomic E-state index is 13.6. The molecule has 0 bridgehead atoms. The normalized spacial score (nSPS) is 12.9. The lowest BCUT2D eigenvalue weighted by molar-refractivity contribution is -0.141. The highest BCUT2D eigenvalue weighted by atomic mass is 16.3. The number of phenolic OH excluding ortho intramolecular Hbond substituents is 1. The summed E-state index contributed by atoms with van der Waals surface area (Å²) in [6.45, 7) is 1.50. The lowest BCUT2D eigenvalue weighted by atomic mass is 10.0. The summed E-state index contributed by atoms with van der Waals surface area (Å²) in [5, 5.41) is 14.9. The number of likely N-dealkylation sites (N-methyl/N-ethyl adjacent to an activating group) is 1. The number of nitrogens with two attached hydrogens (primary N) is 3. The van der Waals surface area contributed by atoms with Gasteiger partial charge in [0.05, 0.1) is 0 Å². The van der Waals surface area contributed by atoms with Crippen molar-refractivity contribution in [3.05, 3.63) is 65.7 Å². The monoisotopic (exact) mass is 539 g/mol. The fraction of sp³-hybridized carbons (Fsp3) is 0.370. The van der Waals surface area contributed by atoms with E-state index < -0.39 is 41.8 Å². The fourth-order valence-electron chi connectivity index (χ4n) is 4.02. The molecule has 9 N–H and O–H groups in total. The van der Waals surface area contributed by atoms with Gasteiger partial charge < -0.3 is 37.8 Å². The number of hydrogen-bond donors (Lipinski definition) is 6. The lowest BCUT2D eigenvalue weighted by Crippen LogP contribution is -2.57. The molecular weight excluding hydrogens is 502 g/mol. The molecule has 12 nitrogen and oxygen atoms in total. The number of aliphatic imine (C=N–C) groups is 1. The summed E-state index contributed by atoms with van der Waals surface area (Å²) in [6, 6.07) is 12.3. The molecule has 0 aliphatic carbocycles. The van der Waals surface area contributed by atoms with Crippen molar-refractivity contribution in [2.24, 2.45) is 22.2 Å². The van der Waals surface area contributed by atoms with Crippen LogP contribution in [0, 0.1) is 0 Å². The van der Waals surface area contributed by atoms with Crippen LogP contribution in [0.1, 0.15) is 30.9 Å². The van der Waals surface area contributed by atoms with Gasteiger partial charge in [-0.3, -0.25) is 24.2 Å². The van der Waals surface area contributed by atoms with E-state index in [0.717, 1.165) is 5.56 Å². The molecule has 0 spiro atoms. The number of carbonyl (C=O) groups is 4. The van der Waals surface area contributed by atoms with Crippen LogP contribution >= 0.6 is 0 Å². The van der Waals surface area contributed by atoms with Gasteiger partial charge in [0.15, 0.2) is 5.96 Å². The molecule has 0 fully saturated rings. The zero-order valence-corrected chi connectivity index (χ0v) is 22.2. The molecule has 0 radical (unpaired) electrons. The van der Waals surface area contributed by atoms with Gasteiger partial charge in [-0.15, -0.1) is 0 Å². The van der Waals surface area contributed by atoms with Crippen LogP contribution in [0.3, 0.4) is 0 Å². The molecule has 0 aliphatic rings. The summed E-state index contributed by atoms with van der Waals surface area (Å²) in [7, 11) is 1.46. The predicted octanol–water partition coefficient (Wildman–Crippen LogP) is -0.467. The van der Waals surface area contributed by atoms with E-state index in [-0.39, 0.29) is 37.5 Å². The Labute approximate surface area is 227 Å². The second-order valence-electron chi connectivity index (χ2n) is 9.19. The zero-order chi connectivity index (χ0) is 28.9. The van der Waals surface area contributed by atoms with Crippen molar-refractivity contribution >= 4 is 29.6 Å². The first-order valence-electron chi connectivity index (χ1n) is 12.5. The number of benzene rings is 2. The molecule has 39 heavy (non-hydrogen) atoms. The van der Waals surface area contributed by atoms with Crippen LogP contribution in [0.4, 0.5) is 0 Å². The average Bonchev–Trinajstić information content (AvgIpc) is 2.89. The molecule has 0 aliphatic heterocycles. The summed E-state index contributed by atoms with van der Waals surface area (Å²) in [5.41, 5.74) is 17.9. The molecule has 0 aromatic heterocycles. The van der Waals surface area contributed by atoms with Crippen molar-refractivity contribution in [2.45, 2.75) is 50.7 Å². The van der Waals surface area contributed by atoms with Crippen LogP contribution in [0.2, 0.25) is 0 Å². The molecule has 2 unspecified atom stereocenters. The van der Waals surface area contributed by atoms with Crippen LogP contribution in [0.5, 0.6) is 5.75 Å². The third kappa shape index (κ3) is 10.3. The Morgan fingerprint density at radius 3 is 2.08 bits per heavy atom. The minimum absolute atomic E-state index is 0.0632. The van der Waals surface area contributed by atoms with Gasteiger partial charge in [-0.05, 0) is 36.1 Å². The van der Waals surface area contributed by atoms with Crippen LogP contribution < -0.4 is 27.8 Å². The molecule has 0 saturated carbocycles. The van der Waals surface area contributed by atoms with E-state index in [4.69, 9.17) is 17.2 Å². The minimum atomic E-state index is -1.05. The van der Waals surface area contributed by atoms with Crippen LogP contribution in [-0.4, -0.2) is 71.3 Å². The predicted molar refractivity (Wildman–Crippen MR) is 147 cm³/mol. The van der Waals surface area contributed by atoms with Gasteiger partial charge in [0.2, 0.25) is 23.6 Å². The summed E-state index contributed by atoms with van der Waals surface area (Å²) < 4.78 is 0. The molecule has 210 valence electrons. The van der Waals surface area contributed by atoms with Gasteiger partial charge in [0.1, 0.15) is 23.9 Å². The van der Waals surface area contributed by atoms with Crippen molar-refractivity contribution in [1.82, 2.24) is 15.5 Å². The Bertz CT molecular complexity index is 1150. The van der Waals surface area contributed by atoms with Gasteiger partial charge in [0, 0.05) is 33.4 Å². The Morgan fingerprint density at radius 2 is 1.51 bits per heavy atom. The summed E-state index contributed by atoms with van der Waals surface area (Å²) in [6.07, 6.45) is 0.830. The largest absolute Gasteiger partial charge is 0.508 e. The van der Waals surface area contributed by atoms with E-state index in [9.17, 15) is 24.3 Å². The highest BCUT2D eigenvalue weighted by Crippen LogP contribution is 2.14. The summed E-state index contributed by atoms with van der Waals surface area (Å²) in [5.74, 6) is -2.28. The van der Waals surface area contributed by atoms with Crippen molar-refractivity contribution < 1.29 is 24.3 Å². The zero-order valence-electron chi connectivity index (χ0n) is 22.2. The minimum Gasteiger partial charge on any atom is -0.508 e. The number of hydrogen-bond acceptors (Lipinski definition) is 6. The van der Waals surface area contributed by atoms with Crippen LogP contribution in [-0.2, 0) is 32.0 Å². The van der Waals surface area contributed by atoms with Gasteiger partial charge in [0.25, 0.3) is 0 Å². The van der Waals surface area contributed by atoms with Gasteiger partial charge in [-0.25, -0.2) is 0 Å². The van der Waals surface area contributed by atoms with Crippen molar-refractivity contribution in [3.63, 3.8) is 0 Å². The Hall–Kier alpha value is -4.61. The summed E-state index contributed by atoms with van der Waals surface area (Å²) >= 11 is 0. The van der Waals surface area contributed by atoms with E-state index in [1.165, 1.54) is 31.0 Å². The number of nitrogens with one attached hydrogen (secondary N) is 2. The van der Waals surface area contributed by atoms with Crippen molar-refractivity contribution in [1.29, 1.82) is 0 Å².